The molecule has 0 saturated heterocycles. The van der Waals surface area contributed by atoms with Crippen LogP contribution in [0.2, 0.25) is 4.34 Å². The molecule has 0 aliphatic carbocycles. The summed E-state index contributed by atoms with van der Waals surface area (Å²) in [5, 5.41) is 0. The number of hydrogen-bond acceptors (Lipinski definition) is 3. The Morgan fingerprint density at radius 2 is 2.00 bits per heavy atom. The van der Waals surface area contributed by atoms with Crippen molar-refractivity contribution in [2.45, 2.75) is 13.5 Å². The maximum Gasteiger partial charge on any atom is 0.354 e. The molecule has 0 aliphatic heterocycles. The topological polar surface area (TPSA) is 31.2 Å². The van der Waals surface area contributed by atoms with Crippen molar-refractivity contribution in [3.63, 3.8) is 0 Å². The molecule has 2 aromatic heterocycles. The van der Waals surface area contributed by atoms with E-state index in [1.54, 1.807) is 0 Å². The molecule has 2 heterocycles. The summed E-state index contributed by atoms with van der Waals surface area (Å²) in [7, 11) is 1.40. The molecule has 0 saturated carbocycles. The fraction of sp³-hybridized carbons (Fsp3) is 0.188. The molecule has 21 heavy (non-hydrogen) atoms. The minimum Gasteiger partial charge on any atom is -0.464 e. The van der Waals surface area contributed by atoms with Gasteiger partial charge in [0.1, 0.15) is 5.69 Å². The van der Waals surface area contributed by atoms with E-state index in [9.17, 15) is 4.79 Å². The summed E-state index contributed by atoms with van der Waals surface area (Å²) < 4.78 is 8.54. The van der Waals surface area contributed by atoms with E-state index in [0.29, 0.717) is 16.6 Å². The largest absolute Gasteiger partial charge is 0.464 e. The maximum atomic E-state index is 12.0. The minimum absolute atomic E-state index is 0.332. The van der Waals surface area contributed by atoms with E-state index < -0.39 is 0 Å². The maximum absolute atomic E-state index is 12.0. The first-order valence-electron chi connectivity index (χ1n) is 6.51. The van der Waals surface area contributed by atoms with Gasteiger partial charge < -0.3 is 9.30 Å². The van der Waals surface area contributed by atoms with Crippen LogP contribution in [0, 0.1) is 6.92 Å². The fourth-order valence-electron chi connectivity index (χ4n) is 2.33. The average Bonchev–Trinajstić information content (AvgIpc) is 2.98. The monoisotopic (exact) mass is 319 g/mol. The molecule has 3 nitrogen and oxygen atoms in total. The van der Waals surface area contributed by atoms with Gasteiger partial charge in [0.05, 0.1) is 21.7 Å². The molecule has 0 atom stereocenters. The van der Waals surface area contributed by atoms with Crippen LogP contribution in [0.15, 0.2) is 36.4 Å². The number of carbonyl (C=O) groups is 1. The van der Waals surface area contributed by atoms with Crippen LogP contribution in [-0.4, -0.2) is 17.6 Å². The second kappa shape index (κ2) is 5.54. The number of nitrogens with zero attached hydrogens (tertiary/aromatic N) is 1. The van der Waals surface area contributed by atoms with Crippen LogP contribution in [0.1, 0.15) is 21.6 Å². The number of fused-ring (bicyclic) bond motifs is 1. The fourth-order valence-corrected chi connectivity index (χ4v) is 3.51. The van der Waals surface area contributed by atoms with Crippen molar-refractivity contribution < 1.29 is 9.53 Å². The van der Waals surface area contributed by atoms with Crippen LogP contribution < -0.4 is 0 Å². The first-order valence-corrected chi connectivity index (χ1v) is 7.70. The summed E-state index contributed by atoms with van der Waals surface area (Å²) in [5.74, 6) is -0.332. The Morgan fingerprint density at radius 1 is 1.29 bits per heavy atom. The van der Waals surface area contributed by atoms with Crippen LogP contribution in [0.25, 0.3) is 10.2 Å². The molecule has 0 aliphatic rings. The predicted molar refractivity (Wildman–Crippen MR) is 86.4 cm³/mol. The van der Waals surface area contributed by atoms with Gasteiger partial charge in [0.25, 0.3) is 0 Å². The molecule has 1 aromatic carbocycles. The van der Waals surface area contributed by atoms with Crippen molar-refractivity contribution in [1.82, 2.24) is 4.57 Å². The smallest absolute Gasteiger partial charge is 0.354 e. The Balaban J connectivity index is 2.09. The zero-order valence-corrected chi connectivity index (χ0v) is 13.3. The van der Waals surface area contributed by atoms with Gasteiger partial charge >= 0.3 is 5.97 Å². The Morgan fingerprint density at radius 3 is 2.67 bits per heavy atom. The summed E-state index contributed by atoms with van der Waals surface area (Å²) in [6.45, 7) is 2.66. The molecule has 5 heteroatoms. The van der Waals surface area contributed by atoms with Gasteiger partial charge in [0.2, 0.25) is 0 Å². The molecule has 0 spiro atoms. The number of rotatable bonds is 3. The van der Waals surface area contributed by atoms with E-state index in [1.165, 1.54) is 24.0 Å². The summed E-state index contributed by atoms with van der Waals surface area (Å²) in [4.78, 5) is 12.0. The van der Waals surface area contributed by atoms with Gasteiger partial charge in [-0.3, -0.25) is 0 Å². The van der Waals surface area contributed by atoms with Crippen molar-refractivity contribution in [2.75, 3.05) is 7.11 Å². The van der Waals surface area contributed by atoms with E-state index in [0.717, 1.165) is 15.8 Å². The van der Waals surface area contributed by atoms with Crippen molar-refractivity contribution in [2.24, 2.45) is 0 Å². The zero-order valence-electron chi connectivity index (χ0n) is 11.7. The Kier molecular flexibility index (Phi) is 3.74. The van der Waals surface area contributed by atoms with Crippen molar-refractivity contribution >= 4 is 39.1 Å². The molecule has 3 rings (SSSR count). The number of hydrogen-bond donors (Lipinski definition) is 0. The highest BCUT2D eigenvalue weighted by atomic mass is 35.5. The predicted octanol–water partition coefficient (Wildman–Crippen LogP) is 4.50. The van der Waals surface area contributed by atoms with Gasteiger partial charge in [-0.05, 0) is 24.6 Å². The standard InChI is InChI=1S/C16H14ClNO2S/c1-10-3-5-11(6-4-10)9-18-12-8-15(17)21-14(12)7-13(18)16(19)20-2/h3-8H,9H2,1-2H3. The molecule has 0 bridgehead atoms. The highest BCUT2D eigenvalue weighted by Crippen LogP contribution is 2.32. The number of aromatic nitrogens is 1. The number of halogens is 1. The highest BCUT2D eigenvalue weighted by molar-refractivity contribution is 7.22. The van der Waals surface area contributed by atoms with Crippen LogP contribution in [0.5, 0.6) is 0 Å². The van der Waals surface area contributed by atoms with Crippen LogP contribution >= 0.6 is 22.9 Å². The quantitative estimate of drug-likeness (QED) is 0.666. The second-order valence-electron chi connectivity index (χ2n) is 4.89. The Bertz CT molecular complexity index is 802. The van der Waals surface area contributed by atoms with Crippen molar-refractivity contribution in [3.05, 3.63) is 57.6 Å². The third-order valence-electron chi connectivity index (χ3n) is 3.42. The third-order valence-corrected chi connectivity index (χ3v) is 4.62. The van der Waals surface area contributed by atoms with Crippen molar-refractivity contribution in [1.29, 1.82) is 0 Å². The van der Waals surface area contributed by atoms with E-state index in [4.69, 9.17) is 16.3 Å². The summed E-state index contributed by atoms with van der Waals surface area (Å²) in [6.07, 6.45) is 0. The number of benzene rings is 1. The average molecular weight is 320 g/mol. The molecule has 0 fully saturated rings. The zero-order chi connectivity index (χ0) is 15.0. The number of aryl methyl sites for hydroxylation is 1. The number of thiophene rings is 1. The molecular formula is C16H14ClNO2S. The van der Waals surface area contributed by atoms with Gasteiger partial charge in [-0.2, -0.15) is 0 Å². The van der Waals surface area contributed by atoms with Gasteiger partial charge in [-0.15, -0.1) is 11.3 Å². The van der Waals surface area contributed by atoms with E-state index >= 15 is 0 Å². The SMILES string of the molecule is COC(=O)c1cc2sc(Cl)cc2n1Cc1ccc(C)cc1. The van der Waals surface area contributed by atoms with E-state index in [2.05, 4.69) is 31.2 Å². The lowest BCUT2D eigenvalue weighted by atomic mass is 10.1. The summed E-state index contributed by atoms with van der Waals surface area (Å²) >= 11 is 7.54. The van der Waals surface area contributed by atoms with Gasteiger partial charge in [-0.25, -0.2) is 4.79 Å². The van der Waals surface area contributed by atoms with Crippen molar-refractivity contribution in [3.8, 4) is 0 Å². The minimum atomic E-state index is -0.332. The second-order valence-corrected chi connectivity index (χ2v) is 6.61. The molecule has 3 aromatic rings. The van der Waals surface area contributed by atoms with Crippen LogP contribution in [0.4, 0.5) is 0 Å². The van der Waals surface area contributed by atoms with E-state index in [-0.39, 0.29) is 5.97 Å². The molecule has 0 amide bonds. The van der Waals surface area contributed by atoms with Gasteiger partial charge in [-0.1, -0.05) is 41.4 Å². The normalized spacial score (nSPS) is 11.0. The number of esters is 1. The Labute approximate surface area is 131 Å². The first kappa shape index (κ1) is 14.2. The highest BCUT2D eigenvalue weighted by Gasteiger charge is 2.18. The van der Waals surface area contributed by atoms with Crippen LogP contribution in [0.3, 0.4) is 0 Å². The molecule has 108 valence electrons. The van der Waals surface area contributed by atoms with Gasteiger partial charge in [0.15, 0.2) is 0 Å². The molecule has 0 radical (unpaired) electrons. The molecule has 0 unspecified atom stereocenters. The lowest BCUT2D eigenvalue weighted by Crippen LogP contribution is -2.11. The first-order chi connectivity index (χ1) is 10.1. The lowest BCUT2D eigenvalue weighted by molar-refractivity contribution is 0.0589. The number of carbonyl (C=O) groups excluding carboxylic acids is 1. The number of methoxy groups -OCH3 is 1. The molecule has 0 N–H and O–H groups in total. The van der Waals surface area contributed by atoms with Gasteiger partial charge in [0, 0.05) is 6.54 Å². The third kappa shape index (κ3) is 2.69. The number of ether oxygens (including phenoxy) is 1. The van der Waals surface area contributed by atoms with E-state index in [1.807, 2.05) is 16.7 Å². The summed E-state index contributed by atoms with van der Waals surface area (Å²) in [6, 6.07) is 12.0. The molecular weight excluding hydrogens is 306 g/mol. The van der Waals surface area contributed by atoms with Crippen LogP contribution in [-0.2, 0) is 11.3 Å². The Hall–Kier alpha value is -1.78. The summed E-state index contributed by atoms with van der Waals surface area (Å²) in [5.41, 5.74) is 3.86. The lowest BCUT2D eigenvalue weighted by Gasteiger charge is -2.09.